The van der Waals surface area contributed by atoms with Gasteiger partial charge in [-0.15, -0.1) is 0 Å². The molecule has 36 heavy (non-hydrogen) atoms. The van der Waals surface area contributed by atoms with Gasteiger partial charge in [-0.25, -0.2) is 19.3 Å². The van der Waals surface area contributed by atoms with Gasteiger partial charge in [-0.3, -0.25) is 4.79 Å². The van der Waals surface area contributed by atoms with E-state index in [1.165, 1.54) is 42.4 Å². The molecule has 2 heterocycles. The highest BCUT2D eigenvalue weighted by Crippen LogP contribution is 2.37. The number of hydrogen-bond acceptors (Lipinski definition) is 7. The topological polar surface area (TPSA) is 100 Å². The first-order valence-electron chi connectivity index (χ1n) is 11.0. The molecule has 7 nitrogen and oxygen atoms in total. The third kappa shape index (κ3) is 5.26. The van der Waals surface area contributed by atoms with E-state index in [0.29, 0.717) is 28.4 Å². The number of aryl methyl sites for hydroxylation is 1. The number of carbonyl (C=O) groups excluding carboxylic acids is 1. The first-order valence-corrected chi connectivity index (χ1v) is 11.8. The summed E-state index contributed by atoms with van der Waals surface area (Å²) in [4.78, 5) is 27.8. The highest BCUT2D eigenvalue weighted by molar-refractivity contribution is 7.99. The SMILES string of the molecule is Cc1ccc2c(Nc3cc(C(=O)Nc4ccc(F)cc4)ccc3Sc3ccc(O)cc3)ncnc2n1. The summed E-state index contributed by atoms with van der Waals surface area (Å²) in [6.07, 6.45) is 1.44. The van der Waals surface area contributed by atoms with Crippen LogP contribution in [0.3, 0.4) is 0 Å². The van der Waals surface area contributed by atoms with Crippen molar-refractivity contribution in [3.05, 3.63) is 102 Å². The van der Waals surface area contributed by atoms with Crippen molar-refractivity contribution in [3.63, 3.8) is 0 Å². The maximum atomic E-state index is 13.2. The number of carbonyl (C=O) groups is 1. The van der Waals surface area contributed by atoms with Crippen LogP contribution < -0.4 is 10.6 Å². The fourth-order valence-electron chi connectivity index (χ4n) is 3.50. The fraction of sp³-hybridized carbons (Fsp3) is 0.0370. The molecular weight excluding hydrogens is 477 g/mol. The summed E-state index contributed by atoms with van der Waals surface area (Å²) >= 11 is 1.47. The number of halogens is 1. The van der Waals surface area contributed by atoms with Crippen LogP contribution in [0.2, 0.25) is 0 Å². The summed E-state index contributed by atoms with van der Waals surface area (Å²) in [5, 5.41) is 16.5. The van der Waals surface area contributed by atoms with Crippen LogP contribution in [0.15, 0.2) is 95.0 Å². The summed E-state index contributed by atoms with van der Waals surface area (Å²) in [5.74, 6) is 0.0180. The average molecular weight is 498 g/mol. The number of phenols is 1. The van der Waals surface area contributed by atoms with Crippen molar-refractivity contribution in [2.24, 2.45) is 0 Å². The van der Waals surface area contributed by atoms with Crippen molar-refractivity contribution < 1.29 is 14.3 Å². The van der Waals surface area contributed by atoms with Gasteiger partial charge in [-0.05, 0) is 85.8 Å². The molecule has 0 fully saturated rings. The molecular formula is C27H20FN5O2S. The van der Waals surface area contributed by atoms with Crippen LogP contribution >= 0.6 is 11.8 Å². The third-order valence-corrected chi connectivity index (χ3v) is 6.38. The highest BCUT2D eigenvalue weighted by atomic mass is 32.2. The lowest BCUT2D eigenvalue weighted by molar-refractivity contribution is 0.102. The molecule has 0 aliphatic heterocycles. The van der Waals surface area contributed by atoms with Gasteiger partial charge < -0.3 is 15.7 Å². The van der Waals surface area contributed by atoms with Gasteiger partial charge in [-0.2, -0.15) is 0 Å². The first kappa shape index (κ1) is 23.3. The highest BCUT2D eigenvalue weighted by Gasteiger charge is 2.14. The van der Waals surface area contributed by atoms with E-state index in [0.717, 1.165) is 20.9 Å². The second kappa shape index (κ2) is 10.0. The Balaban J connectivity index is 1.51. The summed E-state index contributed by atoms with van der Waals surface area (Å²) < 4.78 is 13.2. The number of aromatic hydroxyl groups is 1. The molecule has 0 saturated carbocycles. The van der Waals surface area contributed by atoms with E-state index in [1.807, 2.05) is 37.3 Å². The van der Waals surface area contributed by atoms with E-state index in [9.17, 15) is 14.3 Å². The van der Waals surface area contributed by atoms with Gasteiger partial charge in [0.05, 0.1) is 11.1 Å². The van der Waals surface area contributed by atoms with Crippen LogP contribution in [-0.4, -0.2) is 26.0 Å². The Bertz CT molecular complexity index is 1560. The van der Waals surface area contributed by atoms with E-state index in [-0.39, 0.29) is 17.5 Å². The molecule has 5 aromatic rings. The second-order valence-electron chi connectivity index (χ2n) is 7.94. The smallest absolute Gasteiger partial charge is 0.255 e. The predicted octanol–water partition coefficient (Wildman–Crippen LogP) is 6.33. The van der Waals surface area contributed by atoms with Gasteiger partial charge in [-0.1, -0.05) is 11.8 Å². The first-order chi connectivity index (χ1) is 17.4. The predicted molar refractivity (Wildman–Crippen MR) is 138 cm³/mol. The summed E-state index contributed by atoms with van der Waals surface area (Å²) in [6.45, 7) is 1.89. The number of phenolic OH excluding ortho intramolecular Hbond substituents is 1. The van der Waals surface area contributed by atoms with Crippen LogP contribution in [0.1, 0.15) is 16.1 Å². The molecule has 0 radical (unpaired) electrons. The molecule has 0 aliphatic carbocycles. The Morgan fingerprint density at radius 2 is 1.72 bits per heavy atom. The number of rotatable bonds is 6. The second-order valence-corrected chi connectivity index (χ2v) is 9.05. The molecule has 9 heteroatoms. The number of anilines is 3. The van der Waals surface area contributed by atoms with Crippen molar-refractivity contribution in [1.82, 2.24) is 15.0 Å². The Kier molecular flexibility index (Phi) is 6.46. The minimum Gasteiger partial charge on any atom is -0.508 e. The van der Waals surface area contributed by atoms with E-state index >= 15 is 0 Å². The molecule has 2 aromatic heterocycles. The molecule has 3 N–H and O–H groups in total. The summed E-state index contributed by atoms with van der Waals surface area (Å²) in [7, 11) is 0. The Hall–Kier alpha value is -4.50. The van der Waals surface area contributed by atoms with Crippen LogP contribution in [0.25, 0.3) is 11.0 Å². The third-order valence-electron chi connectivity index (χ3n) is 5.30. The number of fused-ring (bicyclic) bond motifs is 1. The quantitative estimate of drug-likeness (QED) is 0.252. The number of amides is 1. The number of nitrogens with one attached hydrogen (secondary N) is 2. The van der Waals surface area contributed by atoms with Gasteiger partial charge in [0.2, 0.25) is 0 Å². The van der Waals surface area contributed by atoms with E-state index in [4.69, 9.17) is 0 Å². The lowest BCUT2D eigenvalue weighted by Gasteiger charge is -2.15. The zero-order valence-electron chi connectivity index (χ0n) is 19.1. The van der Waals surface area contributed by atoms with Gasteiger partial charge in [0.15, 0.2) is 5.65 Å². The molecule has 0 unspecified atom stereocenters. The number of aromatic nitrogens is 3. The van der Waals surface area contributed by atoms with E-state index in [2.05, 4.69) is 25.6 Å². The maximum absolute atomic E-state index is 13.2. The minimum absolute atomic E-state index is 0.181. The van der Waals surface area contributed by atoms with Crippen LogP contribution in [-0.2, 0) is 0 Å². The molecule has 0 spiro atoms. The largest absolute Gasteiger partial charge is 0.508 e. The Morgan fingerprint density at radius 3 is 2.50 bits per heavy atom. The van der Waals surface area contributed by atoms with Gasteiger partial charge in [0.25, 0.3) is 5.91 Å². The number of hydrogen-bond donors (Lipinski definition) is 3. The molecule has 0 bridgehead atoms. The van der Waals surface area contributed by atoms with E-state index in [1.54, 1.807) is 24.3 Å². The Morgan fingerprint density at radius 1 is 0.944 bits per heavy atom. The molecule has 0 saturated heterocycles. The normalized spacial score (nSPS) is 10.8. The van der Waals surface area contributed by atoms with Crippen LogP contribution in [0.4, 0.5) is 21.6 Å². The van der Waals surface area contributed by atoms with Crippen molar-refractivity contribution in [2.75, 3.05) is 10.6 Å². The van der Waals surface area contributed by atoms with Crippen molar-refractivity contribution >= 4 is 45.9 Å². The van der Waals surface area contributed by atoms with Crippen molar-refractivity contribution in [2.45, 2.75) is 16.7 Å². The van der Waals surface area contributed by atoms with Gasteiger partial charge >= 0.3 is 0 Å². The average Bonchev–Trinajstić information content (AvgIpc) is 2.87. The van der Waals surface area contributed by atoms with E-state index < -0.39 is 0 Å². The molecule has 3 aromatic carbocycles. The summed E-state index contributed by atoms with van der Waals surface area (Å²) in [5.41, 5.74) is 2.95. The fourth-order valence-corrected chi connectivity index (χ4v) is 4.38. The Labute approximate surface area is 210 Å². The molecule has 5 rings (SSSR count). The maximum Gasteiger partial charge on any atom is 0.255 e. The number of benzene rings is 3. The minimum atomic E-state index is -0.378. The van der Waals surface area contributed by atoms with Crippen LogP contribution in [0, 0.1) is 12.7 Å². The molecule has 0 atom stereocenters. The number of nitrogens with zero attached hydrogens (tertiary/aromatic N) is 3. The zero-order chi connectivity index (χ0) is 25.1. The monoisotopic (exact) mass is 497 g/mol. The molecule has 0 aliphatic rings. The van der Waals surface area contributed by atoms with Crippen LogP contribution in [0.5, 0.6) is 5.75 Å². The van der Waals surface area contributed by atoms with Crippen molar-refractivity contribution in [3.8, 4) is 5.75 Å². The summed E-state index contributed by atoms with van der Waals surface area (Å²) in [6, 6.07) is 21.5. The van der Waals surface area contributed by atoms with Gasteiger partial charge in [0.1, 0.15) is 23.7 Å². The molecule has 178 valence electrons. The lowest BCUT2D eigenvalue weighted by Crippen LogP contribution is -2.12. The van der Waals surface area contributed by atoms with Crippen molar-refractivity contribution in [1.29, 1.82) is 0 Å². The standard InChI is InChI=1S/C27H20FN5O2S/c1-16-2-12-22-25(31-16)29-15-30-26(22)33-23-14-17(27(35)32-19-6-4-18(28)5-7-19)3-13-24(23)36-21-10-8-20(34)9-11-21/h2-15,34H,1H3,(H,32,35)(H,29,30,31,33). The zero-order valence-corrected chi connectivity index (χ0v) is 19.9. The lowest BCUT2D eigenvalue weighted by atomic mass is 10.1. The van der Waals surface area contributed by atoms with Gasteiger partial charge in [0, 0.05) is 26.7 Å². The number of pyridine rings is 1. The molecule has 1 amide bonds.